The Bertz CT molecular complexity index is 731. The van der Waals surface area contributed by atoms with Crippen LogP contribution in [0.3, 0.4) is 0 Å². The Morgan fingerprint density at radius 1 is 1.16 bits per heavy atom. The third kappa shape index (κ3) is 4.70. The lowest BCUT2D eigenvalue weighted by molar-refractivity contribution is 0.104. The molecular weight excluding hydrogens is 314 g/mol. The summed E-state index contributed by atoms with van der Waals surface area (Å²) < 4.78 is 10.8. The molecule has 2 aromatic carbocycles. The van der Waals surface area contributed by atoms with Crippen LogP contribution >= 0.6 is 0 Å². The van der Waals surface area contributed by atoms with Gasteiger partial charge in [0.1, 0.15) is 5.75 Å². The quantitative estimate of drug-likeness (QED) is 0.593. The van der Waals surface area contributed by atoms with Crippen molar-refractivity contribution in [3.05, 3.63) is 65.7 Å². The number of ether oxygens (including phenoxy) is 2. The van der Waals surface area contributed by atoms with Gasteiger partial charge in [-0.2, -0.15) is 0 Å². The van der Waals surface area contributed by atoms with Crippen LogP contribution in [0.5, 0.6) is 5.75 Å². The molecule has 130 valence electrons. The van der Waals surface area contributed by atoms with Gasteiger partial charge in [0, 0.05) is 24.3 Å². The molecule has 0 amide bonds. The zero-order valence-electron chi connectivity index (χ0n) is 14.5. The molecule has 1 aliphatic heterocycles. The predicted molar refractivity (Wildman–Crippen MR) is 100 cm³/mol. The largest absolute Gasteiger partial charge is 0.494 e. The molecular formula is C21H23NO3. The van der Waals surface area contributed by atoms with Crippen molar-refractivity contribution in [2.24, 2.45) is 0 Å². The number of ketones is 1. The normalized spacial score (nSPS) is 14.7. The van der Waals surface area contributed by atoms with Crippen LogP contribution in [0, 0.1) is 0 Å². The minimum atomic E-state index is 0.00370. The van der Waals surface area contributed by atoms with E-state index in [9.17, 15) is 4.79 Å². The topological polar surface area (TPSA) is 38.8 Å². The van der Waals surface area contributed by atoms with E-state index in [2.05, 4.69) is 4.90 Å². The molecule has 3 rings (SSSR count). The van der Waals surface area contributed by atoms with Crippen LogP contribution in [0.1, 0.15) is 22.8 Å². The third-order valence-electron chi connectivity index (χ3n) is 4.13. The van der Waals surface area contributed by atoms with Crippen LogP contribution in [-0.4, -0.2) is 38.7 Å². The Hall–Kier alpha value is -2.59. The first-order chi connectivity index (χ1) is 12.3. The van der Waals surface area contributed by atoms with E-state index in [-0.39, 0.29) is 5.78 Å². The number of rotatable bonds is 6. The number of hydrogen-bond donors (Lipinski definition) is 0. The van der Waals surface area contributed by atoms with Gasteiger partial charge in [-0.25, -0.2) is 0 Å². The van der Waals surface area contributed by atoms with Gasteiger partial charge in [0.15, 0.2) is 5.78 Å². The summed E-state index contributed by atoms with van der Waals surface area (Å²) in [6, 6.07) is 15.5. The van der Waals surface area contributed by atoms with Crippen LogP contribution in [0.25, 0.3) is 6.08 Å². The average molecular weight is 337 g/mol. The highest BCUT2D eigenvalue weighted by Gasteiger charge is 2.12. The lowest BCUT2D eigenvalue weighted by Crippen LogP contribution is -2.36. The van der Waals surface area contributed by atoms with E-state index in [1.165, 1.54) is 0 Å². The van der Waals surface area contributed by atoms with Crippen molar-refractivity contribution >= 4 is 17.5 Å². The molecule has 0 aromatic heterocycles. The molecule has 1 fully saturated rings. The number of carbonyl (C=O) groups excluding carboxylic acids is 1. The molecule has 0 spiro atoms. The maximum Gasteiger partial charge on any atom is 0.185 e. The minimum Gasteiger partial charge on any atom is -0.494 e. The van der Waals surface area contributed by atoms with Gasteiger partial charge in [0.05, 0.1) is 19.8 Å². The molecule has 0 radical (unpaired) electrons. The van der Waals surface area contributed by atoms with E-state index < -0.39 is 0 Å². The second kappa shape index (κ2) is 8.49. The zero-order chi connectivity index (χ0) is 17.5. The molecule has 0 saturated carbocycles. The van der Waals surface area contributed by atoms with Gasteiger partial charge in [0.2, 0.25) is 0 Å². The lowest BCUT2D eigenvalue weighted by Gasteiger charge is -2.29. The molecule has 1 heterocycles. The number of nitrogens with zero attached hydrogens (tertiary/aromatic N) is 1. The molecule has 4 heteroatoms. The molecule has 25 heavy (non-hydrogen) atoms. The fraction of sp³-hybridized carbons (Fsp3) is 0.286. The Balaban J connectivity index is 1.68. The second-order valence-electron chi connectivity index (χ2n) is 5.85. The Morgan fingerprint density at radius 3 is 2.64 bits per heavy atom. The van der Waals surface area contributed by atoms with Crippen molar-refractivity contribution in [1.29, 1.82) is 0 Å². The Kier molecular flexibility index (Phi) is 5.86. The number of morpholine rings is 1. The van der Waals surface area contributed by atoms with Crippen LogP contribution in [0.2, 0.25) is 0 Å². The smallest absolute Gasteiger partial charge is 0.185 e. The molecule has 1 saturated heterocycles. The van der Waals surface area contributed by atoms with E-state index in [1.54, 1.807) is 6.08 Å². The monoisotopic (exact) mass is 337 g/mol. The SMILES string of the molecule is CCOc1ccc(/C=C/C(=O)c2cccc(N3CCOCC3)c2)cc1. The van der Waals surface area contributed by atoms with Gasteiger partial charge < -0.3 is 14.4 Å². The predicted octanol–water partition coefficient (Wildman–Crippen LogP) is 3.82. The average Bonchev–Trinajstić information content (AvgIpc) is 2.68. The first-order valence-electron chi connectivity index (χ1n) is 8.64. The lowest BCUT2D eigenvalue weighted by atomic mass is 10.1. The molecule has 0 unspecified atom stereocenters. The van der Waals surface area contributed by atoms with E-state index in [0.29, 0.717) is 12.2 Å². The fourth-order valence-corrected chi connectivity index (χ4v) is 2.79. The Labute approximate surface area is 148 Å². The summed E-state index contributed by atoms with van der Waals surface area (Å²) in [6.45, 7) is 5.79. The van der Waals surface area contributed by atoms with E-state index >= 15 is 0 Å². The minimum absolute atomic E-state index is 0.00370. The van der Waals surface area contributed by atoms with Crippen LogP contribution < -0.4 is 9.64 Å². The Morgan fingerprint density at radius 2 is 1.92 bits per heavy atom. The van der Waals surface area contributed by atoms with Gasteiger partial charge in [0.25, 0.3) is 0 Å². The summed E-state index contributed by atoms with van der Waals surface area (Å²) in [5.74, 6) is 0.841. The number of anilines is 1. The number of benzene rings is 2. The molecule has 4 nitrogen and oxygen atoms in total. The van der Waals surface area contributed by atoms with Crippen molar-refractivity contribution in [3.63, 3.8) is 0 Å². The van der Waals surface area contributed by atoms with E-state index in [1.807, 2.05) is 61.5 Å². The summed E-state index contributed by atoms with van der Waals surface area (Å²) in [7, 11) is 0. The van der Waals surface area contributed by atoms with Crippen LogP contribution in [0.15, 0.2) is 54.6 Å². The third-order valence-corrected chi connectivity index (χ3v) is 4.13. The van der Waals surface area contributed by atoms with Crippen molar-refractivity contribution in [2.75, 3.05) is 37.8 Å². The molecule has 2 aromatic rings. The van der Waals surface area contributed by atoms with Crippen molar-refractivity contribution in [1.82, 2.24) is 0 Å². The highest BCUT2D eigenvalue weighted by atomic mass is 16.5. The fourth-order valence-electron chi connectivity index (χ4n) is 2.79. The van der Waals surface area contributed by atoms with E-state index in [0.717, 1.165) is 43.3 Å². The summed E-state index contributed by atoms with van der Waals surface area (Å²) >= 11 is 0. The molecule has 0 N–H and O–H groups in total. The maximum absolute atomic E-state index is 12.5. The molecule has 0 bridgehead atoms. The zero-order valence-corrected chi connectivity index (χ0v) is 14.5. The molecule has 0 aliphatic carbocycles. The van der Waals surface area contributed by atoms with Gasteiger partial charge in [-0.05, 0) is 42.8 Å². The summed E-state index contributed by atoms with van der Waals surface area (Å²) in [5.41, 5.74) is 2.75. The van der Waals surface area contributed by atoms with Gasteiger partial charge in [-0.3, -0.25) is 4.79 Å². The number of carbonyl (C=O) groups is 1. The first-order valence-corrected chi connectivity index (χ1v) is 8.64. The summed E-state index contributed by atoms with van der Waals surface area (Å²) in [5, 5.41) is 0. The molecule has 0 atom stereocenters. The van der Waals surface area contributed by atoms with Gasteiger partial charge >= 0.3 is 0 Å². The van der Waals surface area contributed by atoms with Crippen LogP contribution in [-0.2, 0) is 4.74 Å². The van der Waals surface area contributed by atoms with Crippen LogP contribution in [0.4, 0.5) is 5.69 Å². The van der Waals surface area contributed by atoms with Crippen molar-refractivity contribution < 1.29 is 14.3 Å². The van der Waals surface area contributed by atoms with Crippen molar-refractivity contribution in [3.8, 4) is 5.75 Å². The highest BCUT2D eigenvalue weighted by Crippen LogP contribution is 2.19. The van der Waals surface area contributed by atoms with E-state index in [4.69, 9.17) is 9.47 Å². The number of hydrogen-bond acceptors (Lipinski definition) is 4. The number of allylic oxidation sites excluding steroid dienone is 1. The molecule has 1 aliphatic rings. The van der Waals surface area contributed by atoms with Gasteiger partial charge in [-0.15, -0.1) is 0 Å². The highest BCUT2D eigenvalue weighted by molar-refractivity contribution is 6.07. The summed E-state index contributed by atoms with van der Waals surface area (Å²) in [4.78, 5) is 14.7. The summed E-state index contributed by atoms with van der Waals surface area (Å²) in [6.07, 6.45) is 3.45. The van der Waals surface area contributed by atoms with Gasteiger partial charge in [-0.1, -0.05) is 30.3 Å². The standard InChI is InChI=1S/C21H23NO3/c1-2-25-20-9-6-17(7-10-20)8-11-21(23)18-4-3-5-19(16-18)22-12-14-24-15-13-22/h3-11,16H,2,12-15H2,1H3/b11-8+. The second-order valence-corrected chi connectivity index (χ2v) is 5.85. The maximum atomic E-state index is 12.5. The van der Waals surface area contributed by atoms with Crippen molar-refractivity contribution in [2.45, 2.75) is 6.92 Å². The first kappa shape index (κ1) is 17.2.